The minimum absolute atomic E-state index is 0.135. The van der Waals surface area contributed by atoms with E-state index in [1.165, 1.54) is 12.3 Å². The molecule has 1 aromatic heterocycles. The van der Waals surface area contributed by atoms with E-state index in [1.807, 2.05) is 0 Å². The van der Waals surface area contributed by atoms with Gasteiger partial charge < -0.3 is 10.2 Å². The Morgan fingerprint density at radius 2 is 2.19 bits per heavy atom. The summed E-state index contributed by atoms with van der Waals surface area (Å²) in [6.45, 7) is 3.46. The Morgan fingerprint density at radius 3 is 2.62 bits per heavy atom. The largest absolute Gasteiger partial charge is 0.353 e. The molecular weight excluding hydrogens is 212 g/mol. The van der Waals surface area contributed by atoms with Crippen molar-refractivity contribution < 1.29 is 15.0 Å². The summed E-state index contributed by atoms with van der Waals surface area (Å²) in [5, 5.41) is 30.5. The summed E-state index contributed by atoms with van der Waals surface area (Å²) in [4.78, 5) is 11.7. The quantitative estimate of drug-likeness (QED) is 0.563. The molecule has 3 N–H and O–H groups in total. The van der Waals surface area contributed by atoms with E-state index >= 15 is 0 Å². The van der Waals surface area contributed by atoms with Crippen LogP contribution in [0, 0.1) is 0 Å². The molecule has 1 amide bonds. The molecule has 0 unspecified atom stereocenters. The second-order valence-corrected chi connectivity index (χ2v) is 3.83. The number of amides is 1. The first-order chi connectivity index (χ1) is 7.44. The lowest BCUT2D eigenvalue weighted by Gasteiger charge is -2.19. The van der Waals surface area contributed by atoms with Crippen molar-refractivity contribution >= 4 is 11.6 Å². The van der Waals surface area contributed by atoms with Crippen LogP contribution in [0.5, 0.6) is 0 Å². The molecule has 1 aliphatic heterocycles. The molecule has 86 valence electrons. The maximum absolute atomic E-state index is 11.7. The van der Waals surface area contributed by atoms with E-state index < -0.39 is 11.7 Å². The van der Waals surface area contributed by atoms with Crippen molar-refractivity contribution in [3.05, 3.63) is 18.0 Å². The molecule has 0 fully saturated rings. The minimum atomic E-state index is -2.59. The van der Waals surface area contributed by atoms with Crippen LogP contribution >= 0.6 is 0 Å². The highest BCUT2D eigenvalue weighted by molar-refractivity contribution is 6.20. The third-order valence-electron chi connectivity index (χ3n) is 2.29. The van der Waals surface area contributed by atoms with Gasteiger partial charge in [-0.05, 0) is 19.9 Å². The van der Waals surface area contributed by atoms with Crippen molar-refractivity contribution in [3.63, 3.8) is 0 Å². The van der Waals surface area contributed by atoms with Crippen LogP contribution < -0.4 is 0 Å². The Morgan fingerprint density at radius 1 is 1.50 bits per heavy atom. The van der Waals surface area contributed by atoms with E-state index in [4.69, 9.17) is 0 Å². The second kappa shape index (κ2) is 3.39. The average molecular weight is 224 g/mol. The Kier molecular flexibility index (Phi) is 2.28. The van der Waals surface area contributed by atoms with Crippen molar-refractivity contribution in [2.24, 2.45) is 5.10 Å². The first-order valence-corrected chi connectivity index (χ1v) is 4.82. The Labute approximate surface area is 91.4 Å². The predicted octanol–water partition coefficient (Wildman–Crippen LogP) is -0.955. The topological polar surface area (TPSA) is 102 Å². The zero-order chi connectivity index (χ0) is 11.9. The lowest BCUT2D eigenvalue weighted by molar-refractivity contribution is -0.169. The molecule has 2 heterocycles. The summed E-state index contributed by atoms with van der Waals surface area (Å²) in [5.74, 6) is -3.44. The zero-order valence-electron chi connectivity index (χ0n) is 8.88. The van der Waals surface area contributed by atoms with Gasteiger partial charge in [-0.3, -0.25) is 9.89 Å². The maximum Gasteiger partial charge on any atom is 0.309 e. The summed E-state index contributed by atoms with van der Waals surface area (Å²) >= 11 is 0. The van der Waals surface area contributed by atoms with Gasteiger partial charge in [0.1, 0.15) is 0 Å². The molecule has 0 aromatic carbocycles. The fraction of sp³-hybridized carbons (Fsp3) is 0.444. The lowest BCUT2D eigenvalue weighted by atomic mass is 10.1. The van der Waals surface area contributed by atoms with Crippen LogP contribution in [0.25, 0.3) is 0 Å². The van der Waals surface area contributed by atoms with Crippen LogP contribution in [0.4, 0.5) is 0 Å². The lowest BCUT2D eigenvalue weighted by Crippen LogP contribution is -2.48. The highest BCUT2D eigenvalue weighted by Gasteiger charge is 2.50. The van der Waals surface area contributed by atoms with Gasteiger partial charge in [0.2, 0.25) is 0 Å². The highest BCUT2D eigenvalue weighted by Crippen LogP contribution is 2.23. The van der Waals surface area contributed by atoms with Crippen LogP contribution in [0.3, 0.4) is 0 Å². The number of hydrogen-bond acceptors (Lipinski definition) is 5. The maximum atomic E-state index is 11.7. The van der Waals surface area contributed by atoms with Crippen LogP contribution in [0.2, 0.25) is 0 Å². The third-order valence-corrected chi connectivity index (χ3v) is 2.29. The molecule has 7 heteroatoms. The SMILES string of the molecule is CC(C)N1N=C(c2ccn[nH]2)C(O)(O)C1=O. The Balaban J connectivity index is 2.45. The van der Waals surface area contributed by atoms with Gasteiger partial charge in [0.25, 0.3) is 5.79 Å². The van der Waals surface area contributed by atoms with Crippen LogP contribution in [0.1, 0.15) is 19.5 Å². The number of nitrogens with zero attached hydrogens (tertiary/aromatic N) is 3. The van der Waals surface area contributed by atoms with E-state index in [0.29, 0.717) is 5.69 Å². The van der Waals surface area contributed by atoms with E-state index in [0.717, 1.165) is 5.01 Å². The van der Waals surface area contributed by atoms with Gasteiger partial charge in [0.05, 0.1) is 11.7 Å². The monoisotopic (exact) mass is 224 g/mol. The summed E-state index contributed by atoms with van der Waals surface area (Å²) in [5.41, 5.74) is 0.171. The van der Waals surface area contributed by atoms with E-state index in [1.54, 1.807) is 13.8 Å². The fourth-order valence-corrected chi connectivity index (χ4v) is 1.46. The standard InChI is InChI=1S/C9H12N4O3/c1-5(2)13-8(14)9(15,16)7(12-13)6-3-4-10-11-6/h3-5,15-16H,1-2H3,(H,10,11). The molecule has 0 radical (unpaired) electrons. The highest BCUT2D eigenvalue weighted by atomic mass is 16.5. The van der Waals surface area contributed by atoms with Gasteiger partial charge in [-0.25, -0.2) is 5.01 Å². The average Bonchev–Trinajstić information content (AvgIpc) is 2.76. The molecule has 0 saturated carbocycles. The molecule has 0 saturated heterocycles. The number of rotatable bonds is 2. The number of aromatic amines is 1. The molecule has 2 rings (SSSR count). The number of nitrogens with one attached hydrogen (secondary N) is 1. The third kappa shape index (κ3) is 1.41. The summed E-state index contributed by atoms with van der Waals surface area (Å²) in [6.07, 6.45) is 1.44. The summed E-state index contributed by atoms with van der Waals surface area (Å²) < 4.78 is 0. The smallest absolute Gasteiger partial charge is 0.309 e. The van der Waals surface area contributed by atoms with Crippen molar-refractivity contribution in [2.45, 2.75) is 25.7 Å². The molecule has 0 bridgehead atoms. The van der Waals surface area contributed by atoms with Gasteiger partial charge in [-0.2, -0.15) is 10.2 Å². The number of aliphatic hydroxyl groups is 2. The van der Waals surface area contributed by atoms with Crippen molar-refractivity contribution in [1.29, 1.82) is 0 Å². The number of hydrazone groups is 1. The second-order valence-electron chi connectivity index (χ2n) is 3.83. The van der Waals surface area contributed by atoms with Gasteiger partial charge in [-0.1, -0.05) is 0 Å². The Hall–Kier alpha value is -1.73. The van der Waals surface area contributed by atoms with Crippen LogP contribution in [0.15, 0.2) is 17.4 Å². The van der Waals surface area contributed by atoms with Crippen molar-refractivity contribution in [2.75, 3.05) is 0 Å². The normalized spacial score (nSPS) is 19.4. The number of carbonyl (C=O) groups excluding carboxylic acids is 1. The molecule has 0 spiro atoms. The van der Waals surface area contributed by atoms with E-state index in [9.17, 15) is 15.0 Å². The molecule has 0 atom stereocenters. The number of aromatic nitrogens is 2. The van der Waals surface area contributed by atoms with Gasteiger partial charge in [0, 0.05) is 6.20 Å². The molecule has 7 nitrogen and oxygen atoms in total. The summed E-state index contributed by atoms with van der Waals surface area (Å²) in [6, 6.07) is 1.27. The van der Waals surface area contributed by atoms with E-state index in [-0.39, 0.29) is 11.8 Å². The van der Waals surface area contributed by atoms with Gasteiger partial charge in [-0.15, -0.1) is 0 Å². The predicted molar refractivity (Wildman–Crippen MR) is 54.3 cm³/mol. The number of carbonyl (C=O) groups is 1. The number of hydrogen-bond donors (Lipinski definition) is 3. The van der Waals surface area contributed by atoms with Gasteiger partial charge in [0.15, 0.2) is 5.71 Å². The molecular formula is C9H12N4O3. The van der Waals surface area contributed by atoms with Crippen LogP contribution in [-0.2, 0) is 4.79 Å². The molecule has 16 heavy (non-hydrogen) atoms. The van der Waals surface area contributed by atoms with Crippen LogP contribution in [-0.4, -0.2) is 48.9 Å². The molecule has 1 aromatic rings. The minimum Gasteiger partial charge on any atom is -0.353 e. The Bertz CT molecular complexity index is 436. The first kappa shape index (κ1) is 10.8. The zero-order valence-corrected chi connectivity index (χ0v) is 8.88. The van der Waals surface area contributed by atoms with E-state index in [2.05, 4.69) is 15.3 Å². The van der Waals surface area contributed by atoms with Crippen molar-refractivity contribution in [1.82, 2.24) is 15.2 Å². The molecule has 1 aliphatic rings. The molecule has 0 aliphatic carbocycles. The summed E-state index contributed by atoms with van der Waals surface area (Å²) in [7, 11) is 0. The fourth-order valence-electron chi connectivity index (χ4n) is 1.46. The van der Waals surface area contributed by atoms with Crippen molar-refractivity contribution in [3.8, 4) is 0 Å². The number of H-pyrrole nitrogens is 1. The first-order valence-electron chi connectivity index (χ1n) is 4.82. The van der Waals surface area contributed by atoms with Gasteiger partial charge >= 0.3 is 5.91 Å².